The molecule has 0 bridgehead atoms. The van der Waals surface area contributed by atoms with Gasteiger partial charge in [0.15, 0.2) is 0 Å². The van der Waals surface area contributed by atoms with Crippen molar-refractivity contribution in [3.8, 4) is 0 Å². The van der Waals surface area contributed by atoms with Gasteiger partial charge in [-0.05, 0) is 62.6 Å². The molecule has 0 saturated heterocycles. The molecule has 0 spiro atoms. The summed E-state index contributed by atoms with van der Waals surface area (Å²) in [4.78, 5) is 0. The lowest BCUT2D eigenvalue weighted by atomic mass is 9.84. The summed E-state index contributed by atoms with van der Waals surface area (Å²) < 4.78 is 78.3. The van der Waals surface area contributed by atoms with Crippen LogP contribution >= 0.6 is 0 Å². The molecule has 0 amide bonds. The number of halogens is 6. The van der Waals surface area contributed by atoms with Crippen LogP contribution in [0.25, 0.3) is 6.08 Å². The lowest BCUT2D eigenvalue weighted by Gasteiger charge is -2.20. The number of hydrogen-bond donors (Lipinski definition) is 1. The van der Waals surface area contributed by atoms with Crippen molar-refractivity contribution in [3.05, 3.63) is 89.5 Å². The van der Waals surface area contributed by atoms with E-state index < -0.39 is 23.5 Å². The first-order chi connectivity index (χ1) is 15.2. The minimum Gasteiger partial charge on any atom is -0.356 e. The predicted molar refractivity (Wildman–Crippen MR) is 122 cm³/mol. The Bertz CT molecular complexity index is 976. The van der Waals surface area contributed by atoms with Gasteiger partial charge in [0.1, 0.15) is 0 Å². The summed E-state index contributed by atoms with van der Waals surface area (Å²) in [6, 6.07) is 8.08. The van der Waals surface area contributed by atoms with E-state index in [0.29, 0.717) is 17.8 Å². The van der Waals surface area contributed by atoms with Crippen LogP contribution in [0, 0.1) is 5.41 Å². The van der Waals surface area contributed by atoms with Gasteiger partial charge in [-0.3, -0.25) is 0 Å². The van der Waals surface area contributed by atoms with Gasteiger partial charge < -0.3 is 5.32 Å². The monoisotopic (exact) mass is 467 g/mol. The molecular formula is C26H27F6N. The molecule has 0 heterocycles. The minimum atomic E-state index is -4.89. The van der Waals surface area contributed by atoms with Gasteiger partial charge in [0.2, 0.25) is 0 Å². The number of allylic oxidation sites excluding steroid dienone is 4. The quantitative estimate of drug-likeness (QED) is 0.301. The fourth-order valence-corrected chi connectivity index (χ4v) is 3.08. The number of nitrogens with one attached hydrogen (secondary N) is 1. The van der Waals surface area contributed by atoms with Crippen LogP contribution in [-0.4, -0.2) is 0 Å². The van der Waals surface area contributed by atoms with Crippen molar-refractivity contribution < 1.29 is 26.3 Å². The fraction of sp³-hybridized carbons (Fsp3) is 0.308. The zero-order valence-electron chi connectivity index (χ0n) is 18.7. The van der Waals surface area contributed by atoms with Crippen molar-refractivity contribution in [1.29, 1.82) is 0 Å². The van der Waals surface area contributed by atoms with Crippen LogP contribution < -0.4 is 5.32 Å². The summed E-state index contributed by atoms with van der Waals surface area (Å²) in [6.45, 7) is 10.1. The van der Waals surface area contributed by atoms with Gasteiger partial charge >= 0.3 is 12.4 Å². The molecule has 1 nitrogen and oxygen atoms in total. The highest BCUT2D eigenvalue weighted by atomic mass is 19.4. The molecule has 0 aliphatic carbocycles. The van der Waals surface area contributed by atoms with Crippen LogP contribution in [0.1, 0.15) is 50.3 Å². The van der Waals surface area contributed by atoms with Gasteiger partial charge in [-0.1, -0.05) is 48.9 Å². The third-order valence-electron chi connectivity index (χ3n) is 5.15. The molecule has 0 aromatic heterocycles. The van der Waals surface area contributed by atoms with Crippen LogP contribution in [-0.2, 0) is 12.4 Å². The topological polar surface area (TPSA) is 12.0 Å². The van der Waals surface area contributed by atoms with E-state index in [0.717, 1.165) is 18.4 Å². The minimum absolute atomic E-state index is 0.104. The Labute approximate surface area is 190 Å². The lowest BCUT2D eigenvalue weighted by Crippen LogP contribution is -2.11. The molecule has 0 saturated carbocycles. The predicted octanol–water partition coefficient (Wildman–Crippen LogP) is 9.42. The molecule has 0 fully saturated rings. The van der Waals surface area contributed by atoms with Gasteiger partial charge in [0, 0.05) is 16.8 Å². The Hall–Kier alpha value is -2.96. The highest BCUT2D eigenvalue weighted by Gasteiger charge is 2.36. The largest absolute Gasteiger partial charge is 0.416 e. The Morgan fingerprint density at radius 3 is 1.88 bits per heavy atom. The normalized spacial score (nSPS) is 14.1. The summed E-state index contributed by atoms with van der Waals surface area (Å²) in [5.74, 6) is 0. The Morgan fingerprint density at radius 1 is 0.879 bits per heavy atom. The Balaban J connectivity index is 2.20. The molecule has 2 aromatic rings. The van der Waals surface area contributed by atoms with Gasteiger partial charge in [-0.2, -0.15) is 26.3 Å². The van der Waals surface area contributed by atoms with Crippen molar-refractivity contribution in [2.24, 2.45) is 5.41 Å². The number of rotatable bonds is 8. The molecule has 178 valence electrons. The number of anilines is 2. The van der Waals surface area contributed by atoms with Crippen LogP contribution in [0.3, 0.4) is 0 Å². The smallest absolute Gasteiger partial charge is 0.356 e. The first-order valence-electron chi connectivity index (χ1n) is 10.3. The average Bonchev–Trinajstić information content (AvgIpc) is 2.71. The SMILES string of the molecule is C=C[C@@](C)(/C=C/c1ccc(Nc2cc(C(F)(F)F)cc(C(F)(F)F)c2)cc1)CCC=C(C)C. The summed E-state index contributed by atoms with van der Waals surface area (Å²) >= 11 is 0. The lowest BCUT2D eigenvalue weighted by molar-refractivity contribution is -0.143. The zero-order valence-corrected chi connectivity index (χ0v) is 18.7. The third kappa shape index (κ3) is 8.15. The van der Waals surface area contributed by atoms with E-state index in [1.165, 1.54) is 5.57 Å². The molecule has 1 N–H and O–H groups in total. The van der Waals surface area contributed by atoms with Crippen LogP contribution in [0.15, 0.2) is 72.8 Å². The van der Waals surface area contributed by atoms with Crippen LogP contribution in [0.4, 0.5) is 37.7 Å². The average molecular weight is 467 g/mol. The maximum atomic E-state index is 13.0. The van der Waals surface area contributed by atoms with Gasteiger partial charge in [0.05, 0.1) is 11.1 Å². The second-order valence-electron chi connectivity index (χ2n) is 8.40. The van der Waals surface area contributed by atoms with E-state index in [-0.39, 0.29) is 17.2 Å². The number of hydrogen-bond acceptors (Lipinski definition) is 1. The van der Waals surface area contributed by atoms with E-state index in [1.54, 1.807) is 24.3 Å². The summed E-state index contributed by atoms with van der Waals surface area (Å²) in [6.07, 6.45) is -0.00274. The molecule has 7 heteroatoms. The highest BCUT2D eigenvalue weighted by molar-refractivity contribution is 5.64. The first-order valence-corrected chi connectivity index (χ1v) is 10.3. The van der Waals surface area contributed by atoms with Crippen LogP contribution in [0.2, 0.25) is 0 Å². The summed E-state index contributed by atoms with van der Waals surface area (Å²) in [5, 5.41) is 2.63. The van der Waals surface area contributed by atoms with Gasteiger partial charge in [-0.25, -0.2) is 0 Å². The summed E-state index contributed by atoms with van der Waals surface area (Å²) in [5.41, 5.74) is -0.775. The Kier molecular flexibility index (Phi) is 8.22. The molecule has 1 atom stereocenters. The summed E-state index contributed by atoms with van der Waals surface area (Å²) in [7, 11) is 0. The Morgan fingerprint density at radius 2 is 1.42 bits per heavy atom. The fourth-order valence-electron chi connectivity index (χ4n) is 3.08. The number of alkyl halides is 6. The van der Waals surface area contributed by atoms with E-state index in [4.69, 9.17) is 0 Å². The molecule has 0 unspecified atom stereocenters. The molecule has 2 aromatic carbocycles. The van der Waals surface area contributed by atoms with Crippen molar-refractivity contribution in [3.63, 3.8) is 0 Å². The van der Waals surface area contributed by atoms with Crippen molar-refractivity contribution in [2.45, 2.75) is 46.0 Å². The highest BCUT2D eigenvalue weighted by Crippen LogP contribution is 2.38. The van der Waals surface area contributed by atoms with E-state index in [9.17, 15) is 26.3 Å². The van der Waals surface area contributed by atoms with Gasteiger partial charge in [0.25, 0.3) is 0 Å². The molecule has 0 radical (unpaired) electrons. The van der Waals surface area contributed by atoms with Crippen molar-refractivity contribution in [2.75, 3.05) is 5.32 Å². The van der Waals surface area contributed by atoms with Crippen molar-refractivity contribution in [1.82, 2.24) is 0 Å². The van der Waals surface area contributed by atoms with E-state index in [2.05, 4.69) is 24.9 Å². The van der Waals surface area contributed by atoms with Crippen LogP contribution in [0.5, 0.6) is 0 Å². The standard InChI is InChI=1S/C26H27F6N/c1-5-24(4,13-6-7-18(2)3)14-12-19-8-10-22(11-9-19)33-23-16-20(25(27,28)29)15-21(17-23)26(30,31)32/h5,7-12,14-17,33H,1,6,13H2,2-4H3/b14-12+/t24-/m1/s1. The second-order valence-corrected chi connectivity index (χ2v) is 8.40. The second kappa shape index (κ2) is 10.3. The maximum Gasteiger partial charge on any atom is 0.416 e. The molecular weight excluding hydrogens is 440 g/mol. The molecule has 0 aliphatic rings. The third-order valence-corrected chi connectivity index (χ3v) is 5.15. The van der Waals surface area contributed by atoms with Crippen molar-refractivity contribution >= 4 is 17.5 Å². The van der Waals surface area contributed by atoms with E-state index >= 15 is 0 Å². The maximum absolute atomic E-state index is 13.0. The zero-order chi connectivity index (χ0) is 24.9. The molecule has 0 aliphatic heterocycles. The van der Waals surface area contributed by atoms with E-state index in [1.807, 2.05) is 32.1 Å². The first kappa shape index (κ1) is 26.3. The molecule has 2 rings (SSSR count). The molecule has 33 heavy (non-hydrogen) atoms. The number of benzene rings is 2. The van der Waals surface area contributed by atoms with Gasteiger partial charge in [-0.15, -0.1) is 6.58 Å².